The summed E-state index contributed by atoms with van der Waals surface area (Å²) in [6.45, 7) is 1.84. The van der Waals surface area contributed by atoms with Crippen molar-refractivity contribution in [3.8, 4) is 0 Å². The van der Waals surface area contributed by atoms with E-state index in [1.54, 1.807) is 6.07 Å². The number of hydrogen-bond donors (Lipinski definition) is 3. The quantitative estimate of drug-likeness (QED) is 0.315. The molecule has 18 heavy (non-hydrogen) atoms. The number of carboxylic acids is 2. The lowest BCUT2D eigenvalue weighted by Gasteiger charge is -1.99. The number of carbonyl (C=O) groups is 2. The predicted molar refractivity (Wildman–Crippen MR) is 65.1 cm³/mol. The summed E-state index contributed by atoms with van der Waals surface area (Å²) < 4.78 is 0. The maximum Gasteiger partial charge on any atom is 0.343 e. The molecule has 0 saturated carbocycles. The van der Waals surface area contributed by atoms with E-state index in [0.717, 1.165) is 11.8 Å². The van der Waals surface area contributed by atoms with E-state index in [1.807, 2.05) is 19.1 Å². The molecule has 0 bridgehead atoms. The number of aliphatic carboxylic acids is 2. The van der Waals surface area contributed by atoms with Gasteiger partial charge in [0.15, 0.2) is 0 Å². The molecule has 6 nitrogen and oxygen atoms in total. The lowest BCUT2D eigenvalue weighted by molar-refractivity contribution is -0.140. The highest BCUT2D eigenvalue weighted by atomic mass is 16.4. The van der Waals surface area contributed by atoms with E-state index in [4.69, 9.17) is 10.2 Å². The Morgan fingerprint density at radius 1 is 1.28 bits per heavy atom. The van der Waals surface area contributed by atoms with Gasteiger partial charge in [0.1, 0.15) is 11.4 Å². The first kappa shape index (κ1) is 13.4. The van der Waals surface area contributed by atoms with E-state index >= 15 is 0 Å². The Morgan fingerprint density at radius 3 is 2.50 bits per heavy atom. The number of carboxylic acid groups (broad SMARTS) is 2. The largest absolute Gasteiger partial charge is 0.477 e. The van der Waals surface area contributed by atoms with Crippen molar-refractivity contribution in [3.63, 3.8) is 0 Å². The molecule has 0 amide bonds. The Bertz CT molecular complexity index is 505. The molecular weight excluding hydrogens is 236 g/mol. The molecule has 0 aromatic carbocycles. The lowest BCUT2D eigenvalue weighted by atomic mass is 10.2. The van der Waals surface area contributed by atoms with Crippen LogP contribution in [0.3, 0.4) is 0 Å². The van der Waals surface area contributed by atoms with Crippen LogP contribution in [0.25, 0.3) is 0 Å². The molecule has 0 saturated heterocycles. The fourth-order valence-electron chi connectivity index (χ4n) is 1.14. The highest BCUT2D eigenvalue weighted by Crippen LogP contribution is 2.03. The number of aromatic nitrogens is 1. The Morgan fingerprint density at radius 2 is 1.94 bits per heavy atom. The molecule has 0 aliphatic rings. The van der Waals surface area contributed by atoms with Crippen LogP contribution in [0, 0.1) is 6.92 Å². The van der Waals surface area contributed by atoms with Crippen molar-refractivity contribution < 1.29 is 19.8 Å². The minimum Gasteiger partial charge on any atom is -0.477 e. The van der Waals surface area contributed by atoms with Crippen molar-refractivity contribution in [1.29, 1.82) is 0 Å². The third kappa shape index (κ3) is 4.09. The summed E-state index contributed by atoms with van der Waals surface area (Å²) >= 11 is 0. The minimum atomic E-state index is -1.49. The molecule has 0 aliphatic heterocycles. The van der Waals surface area contributed by atoms with Crippen LogP contribution in [0.1, 0.15) is 5.69 Å². The molecule has 1 rings (SSSR count). The molecule has 1 aromatic heterocycles. The van der Waals surface area contributed by atoms with Gasteiger partial charge in [-0.3, -0.25) is 0 Å². The van der Waals surface area contributed by atoms with Crippen molar-refractivity contribution in [2.45, 2.75) is 6.92 Å². The number of nitrogens with one attached hydrogen (secondary N) is 1. The van der Waals surface area contributed by atoms with E-state index in [-0.39, 0.29) is 0 Å². The molecule has 0 unspecified atom stereocenters. The lowest BCUT2D eigenvalue weighted by Crippen LogP contribution is -2.10. The third-order valence-corrected chi connectivity index (χ3v) is 1.94. The monoisotopic (exact) mass is 248 g/mol. The summed E-state index contributed by atoms with van der Waals surface area (Å²) in [5.41, 5.74) is 0.131. The van der Waals surface area contributed by atoms with Gasteiger partial charge in [0.05, 0.1) is 0 Å². The fourth-order valence-corrected chi connectivity index (χ4v) is 1.14. The van der Waals surface area contributed by atoms with Crippen molar-refractivity contribution in [1.82, 2.24) is 4.98 Å². The molecule has 6 heteroatoms. The van der Waals surface area contributed by atoms with Crippen LogP contribution >= 0.6 is 0 Å². The number of nitrogens with zero attached hydrogens (tertiary/aromatic N) is 1. The van der Waals surface area contributed by atoms with Gasteiger partial charge in [-0.1, -0.05) is 6.07 Å². The molecule has 0 spiro atoms. The van der Waals surface area contributed by atoms with Crippen LogP contribution in [-0.4, -0.2) is 27.1 Å². The van der Waals surface area contributed by atoms with Crippen molar-refractivity contribution in [2.24, 2.45) is 0 Å². The fraction of sp³-hybridized carbons (Fsp3) is 0.0833. The topological polar surface area (TPSA) is 99.5 Å². The maximum atomic E-state index is 10.5. The van der Waals surface area contributed by atoms with Gasteiger partial charge >= 0.3 is 11.9 Å². The molecule has 0 atom stereocenters. The molecule has 0 radical (unpaired) electrons. The normalized spacial score (nSPS) is 10.1. The van der Waals surface area contributed by atoms with Gasteiger partial charge in [0.25, 0.3) is 0 Å². The molecule has 1 aromatic rings. The molecule has 1 heterocycles. The van der Waals surface area contributed by atoms with Crippen LogP contribution < -0.4 is 5.32 Å². The Hall–Kier alpha value is -2.63. The van der Waals surface area contributed by atoms with Gasteiger partial charge in [-0.2, -0.15) is 0 Å². The van der Waals surface area contributed by atoms with Gasteiger partial charge in [-0.25, -0.2) is 14.6 Å². The number of rotatable bonds is 5. The van der Waals surface area contributed by atoms with Gasteiger partial charge in [0.2, 0.25) is 0 Å². The van der Waals surface area contributed by atoms with Crippen molar-refractivity contribution >= 4 is 17.8 Å². The zero-order valence-corrected chi connectivity index (χ0v) is 9.62. The second kappa shape index (κ2) is 6.19. The average Bonchev–Trinajstić information content (AvgIpc) is 2.27. The van der Waals surface area contributed by atoms with Crippen LogP contribution in [0.15, 0.2) is 42.1 Å². The number of anilines is 1. The van der Waals surface area contributed by atoms with E-state index < -0.39 is 17.5 Å². The smallest absolute Gasteiger partial charge is 0.343 e. The summed E-state index contributed by atoms with van der Waals surface area (Å²) in [6.07, 6.45) is 3.70. The van der Waals surface area contributed by atoms with Gasteiger partial charge in [0, 0.05) is 11.9 Å². The molecule has 0 aliphatic carbocycles. The van der Waals surface area contributed by atoms with E-state index in [1.165, 1.54) is 12.3 Å². The summed E-state index contributed by atoms with van der Waals surface area (Å²) in [7, 11) is 0. The Labute approximate surface area is 103 Å². The zero-order valence-electron chi connectivity index (χ0n) is 9.62. The van der Waals surface area contributed by atoms with Gasteiger partial charge in [-0.15, -0.1) is 0 Å². The minimum absolute atomic E-state index is 0.590. The first-order valence-corrected chi connectivity index (χ1v) is 5.04. The highest BCUT2D eigenvalue weighted by Gasteiger charge is 2.13. The van der Waals surface area contributed by atoms with Crippen molar-refractivity contribution in [2.75, 3.05) is 5.32 Å². The van der Waals surface area contributed by atoms with Gasteiger partial charge in [-0.05, 0) is 31.2 Å². The molecule has 94 valence electrons. The zero-order chi connectivity index (χ0) is 13.5. The van der Waals surface area contributed by atoms with Gasteiger partial charge < -0.3 is 15.5 Å². The predicted octanol–water partition coefficient (Wildman–Crippen LogP) is 1.41. The second-order valence-electron chi connectivity index (χ2n) is 3.36. The van der Waals surface area contributed by atoms with Crippen LogP contribution in [0.2, 0.25) is 0 Å². The van der Waals surface area contributed by atoms with Crippen LogP contribution in [0.5, 0.6) is 0 Å². The van der Waals surface area contributed by atoms with Crippen LogP contribution in [0.4, 0.5) is 5.82 Å². The summed E-state index contributed by atoms with van der Waals surface area (Å²) in [5.74, 6) is -2.38. The SMILES string of the molecule is Cc1cccc(N/C=C/C=C(C(=O)O)C(=O)O)n1. The first-order chi connectivity index (χ1) is 8.50. The average molecular weight is 248 g/mol. The second-order valence-corrected chi connectivity index (χ2v) is 3.36. The highest BCUT2D eigenvalue weighted by molar-refractivity contribution is 6.12. The number of aryl methyl sites for hydroxylation is 1. The Kier molecular flexibility index (Phi) is 4.62. The van der Waals surface area contributed by atoms with E-state index in [2.05, 4.69) is 10.3 Å². The third-order valence-electron chi connectivity index (χ3n) is 1.94. The van der Waals surface area contributed by atoms with Crippen LogP contribution in [-0.2, 0) is 9.59 Å². The number of pyridine rings is 1. The molecular formula is C12H12N2O4. The van der Waals surface area contributed by atoms with E-state index in [9.17, 15) is 9.59 Å². The van der Waals surface area contributed by atoms with E-state index in [0.29, 0.717) is 5.82 Å². The standard InChI is InChI=1S/C12H12N2O4/c1-8-4-2-6-10(14-8)13-7-3-5-9(11(15)16)12(17)18/h2-7H,1H3,(H,13,14)(H,15,16)(H,17,18)/b7-3+. The number of allylic oxidation sites excluding steroid dienone is 2. The Balaban J connectivity index is 2.68. The first-order valence-electron chi connectivity index (χ1n) is 5.04. The van der Waals surface area contributed by atoms with Crippen molar-refractivity contribution in [3.05, 3.63) is 47.8 Å². The number of hydrogen-bond acceptors (Lipinski definition) is 4. The molecule has 0 fully saturated rings. The summed E-state index contributed by atoms with van der Waals surface area (Å²) in [5, 5.41) is 20.0. The molecule has 3 N–H and O–H groups in total. The summed E-state index contributed by atoms with van der Waals surface area (Å²) in [6, 6.07) is 5.38. The maximum absolute atomic E-state index is 10.5. The summed E-state index contributed by atoms with van der Waals surface area (Å²) in [4.78, 5) is 25.2.